The zero-order chi connectivity index (χ0) is 18.7. The van der Waals surface area contributed by atoms with Crippen LogP contribution in [-0.4, -0.2) is 44.2 Å². The first-order valence-electron chi connectivity index (χ1n) is 9.42. The van der Waals surface area contributed by atoms with Gasteiger partial charge in [-0.3, -0.25) is 4.79 Å². The molecule has 1 atom stereocenters. The van der Waals surface area contributed by atoms with Crippen LogP contribution < -0.4 is 15.1 Å². The van der Waals surface area contributed by atoms with Crippen molar-refractivity contribution in [3.63, 3.8) is 0 Å². The summed E-state index contributed by atoms with van der Waals surface area (Å²) < 4.78 is 38.7. The van der Waals surface area contributed by atoms with E-state index in [4.69, 9.17) is 0 Å². The Hall–Kier alpha value is -1.76. The summed E-state index contributed by atoms with van der Waals surface area (Å²) in [7, 11) is 0. The second-order valence-electron chi connectivity index (χ2n) is 7.41. The number of hydrogen-bond donors (Lipinski definition) is 2. The van der Waals surface area contributed by atoms with E-state index in [0.717, 1.165) is 32.0 Å². The number of quaternary nitrogens is 1. The van der Waals surface area contributed by atoms with E-state index in [9.17, 15) is 18.0 Å². The molecule has 7 heteroatoms. The molecule has 1 saturated heterocycles. The van der Waals surface area contributed by atoms with Gasteiger partial charge < -0.3 is 15.1 Å². The fourth-order valence-corrected chi connectivity index (χ4v) is 3.95. The average Bonchev–Trinajstić information content (AvgIpc) is 3.13. The number of nitrogens with zero attached hydrogens (tertiary/aromatic N) is 1. The number of halogens is 3. The second kappa shape index (κ2) is 7.86. The monoisotopic (exact) mass is 370 g/mol. The van der Waals surface area contributed by atoms with Crippen LogP contribution in [0.15, 0.2) is 24.3 Å². The van der Waals surface area contributed by atoms with Crippen molar-refractivity contribution in [1.82, 2.24) is 5.32 Å². The zero-order valence-corrected chi connectivity index (χ0v) is 15.1. The Labute approximate surface area is 152 Å². The fourth-order valence-electron chi connectivity index (χ4n) is 3.95. The first-order chi connectivity index (χ1) is 12.3. The number of carbonyl (C=O) groups excluding carboxylic acids is 1. The van der Waals surface area contributed by atoms with Crippen molar-refractivity contribution < 1.29 is 22.9 Å². The van der Waals surface area contributed by atoms with Crippen LogP contribution in [0.4, 0.5) is 18.9 Å². The molecule has 2 aliphatic rings. The van der Waals surface area contributed by atoms with Crippen molar-refractivity contribution in [3.8, 4) is 0 Å². The second-order valence-corrected chi connectivity index (χ2v) is 7.41. The van der Waals surface area contributed by atoms with Gasteiger partial charge in [-0.1, -0.05) is 18.9 Å². The predicted octanol–water partition coefficient (Wildman–Crippen LogP) is 1.86. The lowest BCUT2D eigenvalue weighted by molar-refractivity contribution is -0.914. The normalized spacial score (nSPS) is 21.0. The molecule has 26 heavy (non-hydrogen) atoms. The molecule has 4 nitrogen and oxygen atoms in total. The van der Waals surface area contributed by atoms with Crippen molar-refractivity contribution in [2.24, 2.45) is 0 Å². The lowest BCUT2D eigenvalue weighted by Crippen LogP contribution is -3.19. The lowest BCUT2D eigenvalue weighted by Gasteiger charge is -2.36. The molecule has 1 aromatic carbocycles. The maximum atomic E-state index is 12.9. The molecular weight excluding hydrogens is 343 g/mol. The number of rotatable bonds is 4. The van der Waals surface area contributed by atoms with Crippen molar-refractivity contribution in [1.29, 1.82) is 0 Å². The summed E-state index contributed by atoms with van der Waals surface area (Å²) >= 11 is 0. The van der Waals surface area contributed by atoms with E-state index in [-0.39, 0.29) is 11.9 Å². The quantitative estimate of drug-likeness (QED) is 0.849. The van der Waals surface area contributed by atoms with Crippen LogP contribution in [0.25, 0.3) is 0 Å². The number of anilines is 1. The van der Waals surface area contributed by atoms with Gasteiger partial charge in [0.25, 0.3) is 5.91 Å². The van der Waals surface area contributed by atoms with Crippen LogP contribution in [0.5, 0.6) is 0 Å². The lowest BCUT2D eigenvalue weighted by atomic mass is 10.1. The number of hydrogen-bond acceptors (Lipinski definition) is 2. The van der Waals surface area contributed by atoms with E-state index < -0.39 is 11.7 Å². The number of amides is 1. The Morgan fingerprint density at radius 3 is 2.50 bits per heavy atom. The molecule has 1 amide bonds. The third-order valence-corrected chi connectivity index (χ3v) is 5.65. The Kier molecular flexibility index (Phi) is 5.75. The van der Waals surface area contributed by atoms with Crippen molar-refractivity contribution in [2.75, 3.05) is 31.1 Å². The number of benzene rings is 1. The molecule has 1 aliphatic heterocycles. The van der Waals surface area contributed by atoms with Gasteiger partial charge >= 0.3 is 6.18 Å². The van der Waals surface area contributed by atoms with E-state index >= 15 is 0 Å². The summed E-state index contributed by atoms with van der Waals surface area (Å²) in [4.78, 5) is 15.6. The molecule has 0 radical (unpaired) electrons. The van der Waals surface area contributed by atoms with Gasteiger partial charge in [-0.2, -0.15) is 13.2 Å². The Bertz CT molecular complexity index is 621. The SMILES string of the molecule is C[C@@H](C(=O)NC1CCCC1)[NH+]1CCN(c2cccc(C(F)(F)F)c2)CC1. The molecule has 0 unspecified atom stereocenters. The summed E-state index contributed by atoms with van der Waals surface area (Å²) in [5, 5.41) is 3.14. The highest BCUT2D eigenvalue weighted by Gasteiger charge is 2.33. The van der Waals surface area contributed by atoms with Crippen LogP contribution in [0, 0.1) is 0 Å². The highest BCUT2D eigenvalue weighted by Crippen LogP contribution is 2.31. The maximum Gasteiger partial charge on any atom is 0.416 e. The van der Waals surface area contributed by atoms with Crippen LogP contribution in [0.1, 0.15) is 38.2 Å². The Morgan fingerprint density at radius 1 is 1.23 bits per heavy atom. The van der Waals surface area contributed by atoms with E-state index in [1.165, 1.54) is 29.9 Å². The summed E-state index contributed by atoms with van der Waals surface area (Å²) in [5.74, 6) is 0.0967. The van der Waals surface area contributed by atoms with Crippen molar-refractivity contribution in [2.45, 2.75) is 50.9 Å². The molecule has 1 heterocycles. The number of carbonyl (C=O) groups is 1. The third-order valence-electron chi connectivity index (χ3n) is 5.65. The van der Waals surface area contributed by atoms with Gasteiger partial charge in [0, 0.05) is 11.7 Å². The maximum absolute atomic E-state index is 12.9. The van der Waals surface area contributed by atoms with Gasteiger partial charge in [-0.05, 0) is 38.0 Å². The van der Waals surface area contributed by atoms with Gasteiger partial charge in [0.1, 0.15) is 0 Å². The molecule has 0 spiro atoms. The summed E-state index contributed by atoms with van der Waals surface area (Å²) in [5.41, 5.74) is -0.0176. The molecule has 144 valence electrons. The van der Waals surface area contributed by atoms with Crippen molar-refractivity contribution in [3.05, 3.63) is 29.8 Å². The first-order valence-corrected chi connectivity index (χ1v) is 9.42. The molecule has 2 N–H and O–H groups in total. The van der Waals surface area contributed by atoms with Gasteiger partial charge in [-0.25, -0.2) is 0 Å². The van der Waals surface area contributed by atoms with Gasteiger partial charge in [0.2, 0.25) is 0 Å². The minimum Gasteiger partial charge on any atom is -0.360 e. The highest BCUT2D eigenvalue weighted by atomic mass is 19.4. The van der Waals surface area contributed by atoms with E-state index in [1.54, 1.807) is 6.07 Å². The van der Waals surface area contributed by atoms with E-state index in [1.807, 2.05) is 11.8 Å². The van der Waals surface area contributed by atoms with Crippen LogP contribution >= 0.6 is 0 Å². The van der Waals surface area contributed by atoms with Gasteiger partial charge in [0.15, 0.2) is 6.04 Å². The predicted molar refractivity (Wildman–Crippen MR) is 94.2 cm³/mol. The highest BCUT2D eigenvalue weighted by molar-refractivity contribution is 5.80. The van der Waals surface area contributed by atoms with Crippen molar-refractivity contribution >= 4 is 11.6 Å². The molecule has 2 fully saturated rings. The van der Waals surface area contributed by atoms with E-state index in [0.29, 0.717) is 24.8 Å². The first kappa shape index (κ1) is 19.0. The number of piperazine rings is 1. The summed E-state index contributed by atoms with van der Waals surface area (Å²) in [6.45, 7) is 4.74. The number of nitrogens with one attached hydrogen (secondary N) is 2. The Balaban J connectivity index is 1.54. The topological polar surface area (TPSA) is 36.8 Å². The molecular formula is C19H27F3N3O+. The van der Waals surface area contributed by atoms with E-state index in [2.05, 4.69) is 5.32 Å². The minimum atomic E-state index is -4.32. The van der Waals surface area contributed by atoms with Crippen LogP contribution in [0.2, 0.25) is 0 Å². The van der Waals surface area contributed by atoms with Crippen LogP contribution in [0.3, 0.4) is 0 Å². The summed E-state index contributed by atoms with van der Waals surface area (Å²) in [6, 6.07) is 5.67. The standard InChI is InChI=1S/C19H26F3N3O/c1-14(18(26)23-16-6-2-3-7-16)24-9-11-25(12-10-24)17-8-4-5-15(13-17)19(20,21)22/h4-5,8,13-14,16H,2-3,6-7,9-12H2,1H3,(H,23,26)/p+1/t14-/m0/s1. The third kappa shape index (κ3) is 4.50. The number of alkyl halides is 3. The molecule has 0 aromatic heterocycles. The molecule has 3 rings (SSSR count). The van der Waals surface area contributed by atoms with Gasteiger partial charge in [0.05, 0.1) is 31.7 Å². The smallest absolute Gasteiger partial charge is 0.360 e. The fraction of sp³-hybridized carbons (Fsp3) is 0.632. The Morgan fingerprint density at radius 2 is 1.88 bits per heavy atom. The molecule has 1 aromatic rings. The molecule has 0 bridgehead atoms. The molecule has 1 saturated carbocycles. The van der Waals surface area contributed by atoms with Crippen LogP contribution in [-0.2, 0) is 11.0 Å². The summed E-state index contributed by atoms with van der Waals surface area (Å²) in [6.07, 6.45) is 0.174. The minimum absolute atomic E-state index is 0.0967. The molecule has 1 aliphatic carbocycles. The largest absolute Gasteiger partial charge is 0.416 e. The zero-order valence-electron chi connectivity index (χ0n) is 15.1. The average molecular weight is 370 g/mol. The van der Waals surface area contributed by atoms with Gasteiger partial charge in [-0.15, -0.1) is 0 Å².